The molecule has 100 valence electrons. The zero-order chi connectivity index (χ0) is 13.1. The minimum Gasteiger partial charge on any atom is -0.466 e. The van der Waals surface area contributed by atoms with Crippen LogP contribution in [0.15, 0.2) is 0 Å². The Balaban J connectivity index is 2.70. The van der Waals surface area contributed by atoms with Crippen LogP contribution in [0.4, 0.5) is 0 Å². The molecule has 0 bridgehead atoms. The second-order valence-corrected chi connectivity index (χ2v) is 7.03. The molecule has 1 fully saturated rings. The predicted octanol–water partition coefficient (Wildman–Crippen LogP) is 1.000. The largest absolute Gasteiger partial charge is 0.466 e. The van der Waals surface area contributed by atoms with Crippen molar-refractivity contribution < 1.29 is 17.9 Å². The maximum atomic E-state index is 12.0. The van der Waals surface area contributed by atoms with Crippen LogP contribution in [0.3, 0.4) is 0 Å². The maximum absolute atomic E-state index is 12.0. The lowest BCUT2D eigenvalue weighted by Crippen LogP contribution is -2.45. The van der Waals surface area contributed by atoms with Gasteiger partial charge >= 0.3 is 5.97 Å². The van der Waals surface area contributed by atoms with E-state index in [4.69, 9.17) is 4.74 Å². The third-order valence-corrected chi connectivity index (χ3v) is 5.20. The Labute approximate surface area is 103 Å². The summed E-state index contributed by atoms with van der Waals surface area (Å²) in [5.74, 6) is -0.589. The topological polar surface area (TPSA) is 63.7 Å². The van der Waals surface area contributed by atoms with Crippen molar-refractivity contribution in [2.45, 2.75) is 38.9 Å². The normalized spacial score (nSPS) is 22.7. The summed E-state index contributed by atoms with van der Waals surface area (Å²) < 4.78 is 30.3. The number of rotatable bonds is 4. The first-order chi connectivity index (χ1) is 7.89. The molecule has 1 aliphatic rings. The van der Waals surface area contributed by atoms with Crippen molar-refractivity contribution >= 4 is 16.0 Å². The highest BCUT2D eigenvalue weighted by Crippen LogP contribution is 2.22. The molecule has 0 amide bonds. The van der Waals surface area contributed by atoms with Gasteiger partial charge in [0.1, 0.15) is 0 Å². The van der Waals surface area contributed by atoms with Crippen LogP contribution in [0.2, 0.25) is 0 Å². The van der Waals surface area contributed by atoms with Crippen molar-refractivity contribution in [3.8, 4) is 0 Å². The highest BCUT2D eigenvalue weighted by atomic mass is 32.2. The van der Waals surface area contributed by atoms with E-state index < -0.39 is 15.3 Å². The number of carbonyl (C=O) groups is 1. The number of carbonyl (C=O) groups excluding carboxylic acids is 1. The minimum atomic E-state index is -3.26. The quantitative estimate of drug-likeness (QED) is 0.710. The van der Waals surface area contributed by atoms with Gasteiger partial charge in [-0.25, -0.2) is 12.7 Å². The Bertz CT molecular complexity index is 364. The molecule has 0 spiro atoms. The number of ether oxygens (including phenoxy) is 1. The second kappa shape index (κ2) is 5.82. The van der Waals surface area contributed by atoms with Gasteiger partial charge in [0, 0.05) is 13.1 Å². The van der Waals surface area contributed by atoms with Crippen LogP contribution in [-0.4, -0.2) is 43.6 Å². The number of nitrogens with zero attached hydrogens (tertiary/aromatic N) is 1. The van der Waals surface area contributed by atoms with Gasteiger partial charge in [0.2, 0.25) is 10.0 Å². The second-order valence-electron chi connectivity index (χ2n) is 4.54. The number of piperidine rings is 1. The molecule has 1 atom stereocenters. The zero-order valence-electron chi connectivity index (χ0n) is 10.7. The molecule has 0 unspecified atom stereocenters. The van der Waals surface area contributed by atoms with Crippen molar-refractivity contribution in [3.05, 3.63) is 0 Å². The smallest absolute Gasteiger partial charge is 0.310 e. The van der Waals surface area contributed by atoms with Gasteiger partial charge in [0.15, 0.2) is 0 Å². The van der Waals surface area contributed by atoms with Gasteiger partial charge < -0.3 is 4.74 Å². The van der Waals surface area contributed by atoms with Crippen molar-refractivity contribution in [2.24, 2.45) is 5.92 Å². The van der Waals surface area contributed by atoms with Crippen LogP contribution in [0, 0.1) is 5.92 Å². The fourth-order valence-electron chi connectivity index (χ4n) is 1.92. The van der Waals surface area contributed by atoms with E-state index in [0.717, 1.165) is 6.42 Å². The molecule has 1 saturated heterocycles. The summed E-state index contributed by atoms with van der Waals surface area (Å²) in [6.07, 6.45) is 1.43. The molecule has 0 radical (unpaired) electrons. The van der Waals surface area contributed by atoms with Crippen molar-refractivity contribution in [2.75, 3.05) is 19.7 Å². The highest BCUT2D eigenvalue weighted by molar-refractivity contribution is 7.89. The van der Waals surface area contributed by atoms with Gasteiger partial charge in [0.05, 0.1) is 17.8 Å². The Kier molecular flexibility index (Phi) is 4.94. The van der Waals surface area contributed by atoms with Crippen LogP contribution in [0.25, 0.3) is 0 Å². The Morgan fingerprint density at radius 1 is 1.47 bits per heavy atom. The summed E-state index contributed by atoms with van der Waals surface area (Å²) in [6, 6.07) is 0. The third-order valence-electron chi connectivity index (χ3n) is 2.96. The summed E-state index contributed by atoms with van der Waals surface area (Å²) in [6.45, 7) is 6.18. The Morgan fingerprint density at radius 3 is 2.65 bits per heavy atom. The van der Waals surface area contributed by atoms with Gasteiger partial charge in [-0.1, -0.05) is 0 Å². The van der Waals surface area contributed by atoms with Crippen LogP contribution in [0.1, 0.15) is 33.6 Å². The number of hydrogen-bond donors (Lipinski definition) is 0. The standard InChI is InChI=1S/C11H21NO4S/c1-4-16-11(13)10-6-5-7-12(8-10)17(14,15)9(2)3/h9-10H,4-8H2,1-3H3/t10-/m1/s1. The first-order valence-electron chi connectivity index (χ1n) is 6.05. The average Bonchev–Trinajstić information content (AvgIpc) is 2.29. The number of hydrogen-bond acceptors (Lipinski definition) is 4. The van der Waals surface area contributed by atoms with Gasteiger partial charge in [0.25, 0.3) is 0 Å². The molecule has 0 N–H and O–H groups in total. The maximum Gasteiger partial charge on any atom is 0.310 e. The van der Waals surface area contributed by atoms with E-state index >= 15 is 0 Å². The summed E-state index contributed by atoms with van der Waals surface area (Å²) >= 11 is 0. The molecular weight excluding hydrogens is 242 g/mol. The molecule has 0 aromatic heterocycles. The van der Waals surface area contributed by atoms with Crippen LogP contribution in [-0.2, 0) is 19.6 Å². The molecule has 0 aromatic carbocycles. The molecule has 1 heterocycles. The molecule has 0 aliphatic carbocycles. The molecule has 0 saturated carbocycles. The fraction of sp³-hybridized carbons (Fsp3) is 0.909. The summed E-state index contributed by atoms with van der Waals surface area (Å²) in [5, 5.41) is -0.441. The molecule has 6 heteroatoms. The SMILES string of the molecule is CCOC(=O)[C@@H]1CCCN(S(=O)(=O)C(C)C)C1. The molecule has 17 heavy (non-hydrogen) atoms. The van der Waals surface area contributed by atoms with E-state index in [1.54, 1.807) is 20.8 Å². The van der Waals surface area contributed by atoms with E-state index in [9.17, 15) is 13.2 Å². The zero-order valence-corrected chi connectivity index (χ0v) is 11.5. The van der Waals surface area contributed by atoms with Gasteiger partial charge in [-0.2, -0.15) is 0 Å². The minimum absolute atomic E-state index is 0.263. The van der Waals surface area contributed by atoms with Crippen LogP contribution < -0.4 is 0 Å². The van der Waals surface area contributed by atoms with E-state index in [2.05, 4.69) is 0 Å². The lowest BCUT2D eigenvalue weighted by molar-refractivity contribution is -0.149. The molecule has 1 aliphatic heterocycles. The van der Waals surface area contributed by atoms with E-state index in [0.29, 0.717) is 19.6 Å². The molecule has 5 nitrogen and oxygen atoms in total. The Hall–Kier alpha value is -0.620. The summed E-state index contributed by atoms with van der Waals surface area (Å²) in [5.41, 5.74) is 0. The van der Waals surface area contributed by atoms with Crippen LogP contribution >= 0.6 is 0 Å². The van der Waals surface area contributed by atoms with Crippen LogP contribution in [0.5, 0.6) is 0 Å². The van der Waals surface area contributed by atoms with E-state index in [-0.39, 0.29) is 18.4 Å². The van der Waals surface area contributed by atoms with Crippen molar-refractivity contribution in [1.82, 2.24) is 4.31 Å². The highest BCUT2D eigenvalue weighted by Gasteiger charge is 2.34. The van der Waals surface area contributed by atoms with Gasteiger partial charge in [-0.15, -0.1) is 0 Å². The van der Waals surface area contributed by atoms with E-state index in [1.807, 2.05) is 0 Å². The Morgan fingerprint density at radius 2 is 2.12 bits per heavy atom. The van der Waals surface area contributed by atoms with E-state index in [1.165, 1.54) is 4.31 Å². The summed E-state index contributed by atoms with van der Waals surface area (Å²) in [7, 11) is -3.26. The summed E-state index contributed by atoms with van der Waals surface area (Å²) in [4.78, 5) is 11.6. The number of sulfonamides is 1. The predicted molar refractivity (Wildman–Crippen MR) is 65.0 cm³/mol. The van der Waals surface area contributed by atoms with Gasteiger partial charge in [-0.05, 0) is 33.6 Å². The first kappa shape index (κ1) is 14.4. The fourth-order valence-corrected chi connectivity index (χ4v) is 3.29. The molecule has 0 aromatic rings. The van der Waals surface area contributed by atoms with Crippen molar-refractivity contribution in [1.29, 1.82) is 0 Å². The lowest BCUT2D eigenvalue weighted by atomic mass is 10.0. The molecule has 1 rings (SSSR count). The lowest BCUT2D eigenvalue weighted by Gasteiger charge is -2.31. The average molecular weight is 263 g/mol. The monoisotopic (exact) mass is 263 g/mol. The molecular formula is C11H21NO4S. The first-order valence-corrected chi connectivity index (χ1v) is 7.55. The number of esters is 1. The third kappa shape index (κ3) is 3.42. The van der Waals surface area contributed by atoms with Crippen molar-refractivity contribution in [3.63, 3.8) is 0 Å². The van der Waals surface area contributed by atoms with Gasteiger partial charge in [-0.3, -0.25) is 4.79 Å².